The van der Waals surface area contributed by atoms with Crippen LogP contribution in [0, 0.1) is 5.92 Å². The summed E-state index contributed by atoms with van der Waals surface area (Å²) in [6.45, 7) is 3.20. The van der Waals surface area contributed by atoms with Crippen LogP contribution in [-0.2, 0) is 13.6 Å². The first-order valence-corrected chi connectivity index (χ1v) is 7.78. The van der Waals surface area contributed by atoms with E-state index in [4.69, 9.17) is 0 Å². The summed E-state index contributed by atoms with van der Waals surface area (Å²) in [5.41, 5.74) is 2.26. The van der Waals surface area contributed by atoms with Gasteiger partial charge in [-0.3, -0.25) is 4.68 Å². The second kappa shape index (κ2) is 6.05. The lowest BCUT2D eigenvalue weighted by molar-refractivity contribution is 0.146. The van der Waals surface area contributed by atoms with Crippen LogP contribution in [0.3, 0.4) is 0 Å². The van der Waals surface area contributed by atoms with Crippen LogP contribution in [0.25, 0.3) is 10.6 Å². The van der Waals surface area contributed by atoms with E-state index in [1.54, 1.807) is 11.3 Å². The van der Waals surface area contributed by atoms with Crippen molar-refractivity contribution in [3.63, 3.8) is 0 Å². The Bertz CT molecular complexity index is 552. The Hall–Kier alpha value is -1.21. The van der Waals surface area contributed by atoms with Crippen molar-refractivity contribution in [1.82, 2.24) is 20.4 Å². The van der Waals surface area contributed by atoms with Crippen LogP contribution in [-0.4, -0.2) is 40.6 Å². The lowest BCUT2D eigenvalue weighted by Crippen LogP contribution is -2.30. The molecule has 0 aromatic carbocycles. The van der Waals surface area contributed by atoms with E-state index in [2.05, 4.69) is 33.4 Å². The topological polar surface area (TPSA) is 62.1 Å². The zero-order valence-electron chi connectivity index (χ0n) is 11.5. The highest BCUT2D eigenvalue weighted by atomic mass is 32.1. The molecule has 1 fully saturated rings. The summed E-state index contributed by atoms with van der Waals surface area (Å²) in [6, 6.07) is 4.15. The maximum atomic E-state index is 9.78. The predicted octanol–water partition coefficient (Wildman–Crippen LogP) is 0.819. The van der Waals surface area contributed by atoms with Crippen LogP contribution >= 0.6 is 11.3 Å². The van der Waals surface area contributed by atoms with E-state index in [0.717, 1.165) is 25.3 Å². The Morgan fingerprint density at radius 3 is 3.15 bits per heavy atom. The number of aliphatic hydroxyl groups is 1. The highest BCUT2D eigenvalue weighted by molar-refractivity contribution is 7.13. The van der Waals surface area contributed by atoms with Gasteiger partial charge in [0.25, 0.3) is 0 Å². The summed E-state index contributed by atoms with van der Waals surface area (Å²) in [5, 5.41) is 23.0. The van der Waals surface area contributed by atoms with Crippen molar-refractivity contribution in [3.05, 3.63) is 29.3 Å². The van der Waals surface area contributed by atoms with Gasteiger partial charge in [-0.15, -0.1) is 11.3 Å². The summed E-state index contributed by atoms with van der Waals surface area (Å²) < 4.78 is 1.86. The molecule has 1 aliphatic rings. The highest BCUT2D eigenvalue weighted by Crippen LogP contribution is 2.26. The molecule has 1 aliphatic heterocycles. The van der Waals surface area contributed by atoms with E-state index in [9.17, 15) is 5.11 Å². The molecule has 3 N–H and O–H groups in total. The third kappa shape index (κ3) is 2.93. The highest BCUT2D eigenvalue weighted by Gasteiger charge is 2.24. The van der Waals surface area contributed by atoms with E-state index in [1.807, 2.05) is 17.8 Å². The van der Waals surface area contributed by atoms with Crippen molar-refractivity contribution in [3.8, 4) is 10.6 Å². The van der Waals surface area contributed by atoms with Gasteiger partial charge in [-0.1, -0.05) is 6.07 Å². The molecule has 3 heterocycles. The van der Waals surface area contributed by atoms with Crippen molar-refractivity contribution in [2.75, 3.05) is 19.6 Å². The second-order valence-electron chi connectivity index (χ2n) is 5.27. The molecule has 0 saturated carbocycles. The number of aryl methyl sites for hydroxylation is 1. The molecule has 3 rings (SSSR count). The minimum atomic E-state index is -0.229. The third-order valence-corrected chi connectivity index (χ3v) is 4.56. The molecule has 0 aliphatic carbocycles. The molecule has 20 heavy (non-hydrogen) atoms. The molecular formula is C14H20N4OS. The maximum Gasteiger partial charge on any atom is 0.107 e. The molecule has 2 aromatic heterocycles. The number of aliphatic hydroxyl groups excluding tert-OH is 1. The second-order valence-corrected chi connectivity index (χ2v) is 6.22. The number of β-amino-alcohol motifs (C(OH)–C–C–N with tert-alkyl or cyclic N) is 1. The lowest BCUT2D eigenvalue weighted by atomic mass is 10.1. The first-order valence-electron chi connectivity index (χ1n) is 6.90. The predicted molar refractivity (Wildman–Crippen MR) is 80.6 cm³/mol. The van der Waals surface area contributed by atoms with Crippen LogP contribution in [0.4, 0.5) is 0 Å². The number of nitrogens with one attached hydrogen (secondary N) is 2. The van der Waals surface area contributed by atoms with Crippen molar-refractivity contribution < 1.29 is 5.11 Å². The Balaban J connectivity index is 1.63. The van der Waals surface area contributed by atoms with Crippen molar-refractivity contribution >= 4 is 11.3 Å². The van der Waals surface area contributed by atoms with Crippen molar-refractivity contribution in [1.29, 1.82) is 0 Å². The summed E-state index contributed by atoms with van der Waals surface area (Å²) in [7, 11) is 1.95. The van der Waals surface area contributed by atoms with Gasteiger partial charge in [0.1, 0.15) is 5.69 Å². The molecule has 2 unspecified atom stereocenters. The van der Waals surface area contributed by atoms with Crippen LogP contribution in [0.5, 0.6) is 0 Å². The van der Waals surface area contributed by atoms with Gasteiger partial charge in [0.2, 0.25) is 0 Å². The summed E-state index contributed by atoms with van der Waals surface area (Å²) in [4.78, 5) is 1.20. The number of hydrogen-bond donors (Lipinski definition) is 3. The molecule has 2 aromatic rings. The smallest absolute Gasteiger partial charge is 0.107 e. The first-order chi connectivity index (χ1) is 9.74. The average Bonchev–Trinajstić information content (AvgIpc) is 3.12. The summed E-state index contributed by atoms with van der Waals surface area (Å²) >= 11 is 1.71. The third-order valence-electron chi connectivity index (χ3n) is 3.69. The number of rotatable bonds is 5. The van der Waals surface area contributed by atoms with Gasteiger partial charge in [0.15, 0.2) is 0 Å². The van der Waals surface area contributed by atoms with E-state index < -0.39 is 0 Å². The molecular weight excluding hydrogens is 272 g/mol. The average molecular weight is 292 g/mol. The van der Waals surface area contributed by atoms with Crippen molar-refractivity contribution in [2.45, 2.75) is 12.6 Å². The van der Waals surface area contributed by atoms with Gasteiger partial charge < -0.3 is 15.7 Å². The van der Waals surface area contributed by atoms with Gasteiger partial charge in [0.05, 0.1) is 11.0 Å². The first kappa shape index (κ1) is 13.8. The fourth-order valence-electron chi connectivity index (χ4n) is 2.61. The molecule has 0 amide bonds. The molecule has 5 nitrogen and oxygen atoms in total. The van der Waals surface area contributed by atoms with E-state index >= 15 is 0 Å². The molecule has 0 bridgehead atoms. The fourth-order valence-corrected chi connectivity index (χ4v) is 3.35. The lowest BCUT2D eigenvalue weighted by Gasteiger charge is -2.13. The Morgan fingerprint density at radius 1 is 1.55 bits per heavy atom. The molecule has 2 atom stereocenters. The minimum Gasteiger partial charge on any atom is -0.391 e. The minimum absolute atomic E-state index is 0.229. The van der Waals surface area contributed by atoms with Gasteiger partial charge >= 0.3 is 0 Å². The molecule has 0 radical (unpaired) electrons. The number of aromatic nitrogens is 2. The van der Waals surface area contributed by atoms with E-state index in [1.165, 1.54) is 10.4 Å². The molecule has 6 heteroatoms. The van der Waals surface area contributed by atoms with Crippen molar-refractivity contribution in [2.24, 2.45) is 13.0 Å². The fraction of sp³-hybridized carbons (Fsp3) is 0.500. The Kier molecular flexibility index (Phi) is 4.16. The normalized spacial score (nSPS) is 22.5. The van der Waals surface area contributed by atoms with Crippen LogP contribution in [0.2, 0.25) is 0 Å². The van der Waals surface area contributed by atoms with Crippen LogP contribution < -0.4 is 10.6 Å². The Labute approximate surface area is 122 Å². The zero-order valence-corrected chi connectivity index (χ0v) is 12.4. The van der Waals surface area contributed by atoms with E-state index in [0.29, 0.717) is 12.5 Å². The number of hydrogen-bond acceptors (Lipinski definition) is 5. The van der Waals surface area contributed by atoms with Crippen LogP contribution in [0.15, 0.2) is 23.7 Å². The molecule has 0 spiro atoms. The van der Waals surface area contributed by atoms with E-state index in [-0.39, 0.29) is 6.10 Å². The zero-order chi connectivity index (χ0) is 13.9. The monoisotopic (exact) mass is 292 g/mol. The molecule has 108 valence electrons. The largest absolute Gasteiger partial charge is 0.391 e. The maximum absolute atomic E-state index is 9.78. The SMILES string of the molecule is Cn1cc(CNCC2CNCC2O)c(-c2cccs2)n1. The number of thiophene rings is 1. The summed E-state index contributed by atoms with van der Waals surface area (Å²) in [5.74, 6) is 0.303. The van der Waals surface area contributed by atoms with Gasteiger partial charge in [-0.25, -0.2) is 0 Å². The Morgan fingerprint density at radius 2 is 2.45 bits per heavy atom. The quantitative estimate of drug-likeness (QED) is 0.763. The van der Waals surface area contributed by atoms with Gasteiger partial charge in [-0.05, 0) is 11.4 Å². The summed E-state index contributed by atoms with van der Waals surface area (Å²) in [6.07, 6.45) is 1.83. The van der Waals surface area contributed by atoms with Gasteiger partial charge in [-0.2, -0.15) is 5.10 Å². The standard InChI is InChI=1S/C14H20N4OS/c1-18-9-11(14(17-18)13-3-2-4-20-13)7-15-5-10-6-16-8-12(10)19/h2-4,9-10,12,15-16,19H,5-8H2,1H3. The molecule has 1 saturated heterocycles. The van der Waals surface area contributed by atoms with Gasteiger partial charge in [0, 0.05) is 50.9 Å². The van der Waals surface area contributed by atoms with Crippen LogP contribution in [0.1, 0.15) is 5.56 Å². The number of nitrogens with zero attached hydrogens (tertiary/aromatic N) is 2.